The maximum Gasteiger partial charge on any atom is 0.237 e. The van der Waals surface area contributed by atoms with Gasteiger partial charge in [-0.25, -0.2) is 12.7 Å². The molecule has 1 aliphatic rings. The van der Waals surface area contributed by atoms with E-state index < -0.39 is 16.1 Å². The van der Waals surface area contributed by atoms with E-state index in [1.54, 1.807) is 0 Å². The number of hydrogen-bond donors (Lipinski definition) is 2. The van der Waals surface area contributed by atoms with E-state index >= 15 is 0 Å². The van der Waals surface area contributed by atoms with Crippen LogP contribution in [-0.4, -0.2) is 50.1 Å². The number of nitrogens with two attached hydrogens (primary N) is 1. The highest BCUT2D eigenvalue weighted by Crippen LogP contribution is 2.13. The summed E-state index contributed by atoms with van der Waals surface area (Å²) < 4.78 is 24.3. The fourth-order valence-electron chi connectivity index (χ4n) is 2.60. The summed E-state index contributed by atoms with van der Waals surface area (Å²) in [5.41, 5.74) is 6.97. The number of sulfonamides is 1. The molecule has 1 saturated heterocycles. The monoisotopic (exact) mass is 361 g/mol. The number of benzene rings is 1. The summed E-state index contributed by atoms with van der Waals surface area (Å²) in [7, 11) is -3.14. The molecule has 0 spiro atoms. The smallest absolute Gasteiger partial charge is 0.237 e. The van der Waals surface area contributed by atoms with Gasteiger partial charge in [0, 0.05) is 19.1 Å². The van der Waals surface area contributed by atoms with E-state index in [9.17, 15) is 13.2 Å². The molecule has 0 radical (unpaired) electrons. The Bertz CT molecular complexity index is 602. The van der Waals surface area contributed by atoms with Crippen molar-refractivity contribution in [3.8, 4) is 0 Å². The molecule has 0 unspecified atom stereocenters. The summed E-state index contributed by atoms with van der Waals surface area (Å²) in [5, 5.41) is 2.93. The second-order valence-corrected chi connectivity index (χ2v) is 7.72. The van der Waals surface area contributed by atoms with Crippen LogP contribution in [0.25, 0.3) is 0 Å². The average Bonchev–Trinajstić information content (AvgIpc) is 2.48. The van der Waals surface area contributed by atoms with Gasteiger partial charge in [-0.2, -0.15) is 0 Å². The van der Waals surface area contributed by atoms with Crippen LogP contribution >= 0.6 is 12.4 Å². The maximum atomic E-state index is 12.1. The van der Waals surface area contributed by atoms with Gasteiger partial charge in [0.25, 0.3) is 0 Å². The van der Waals surface area contributed by atoms with Crippen molar-refractivity contribution in [2.24, 2.45) is 5.73 Å². The molecule has 3 N–H and O–H groups in total. The van der Waals surface area contributed by atoms with Gasteiger partial charge in [0.2, 0.25) is 15.9 Å². The van der Waals surface area contributed by atoms with Gasteiger partial charge >= 0.3 is 0 Å². The third kappa shape index (κ3) is 6.10. The van der Waals surface area contributed by atoms with Crippen molar-refractivity contribution in [3.05, 3.63) is 35.9 Å². The van der Waals surface area contributed by atoms with E-state index in [4.69, 9.17) is 5.73 Å². The van der Waals surface area contributed by atoms with Crippen molar-refractivity contribution >= 4 is 28.3 Å². The van der Waals surface area contributed by atoms with Crippen LogP contribution in [0.3, 0.4) is 0 Å². The Balaban J connectivity index is 0.00000264. The minimum Gasteiger partial charge on any atom is -0.352 e. The zero-order valence-corrected chi connectivity index (χ0v) is 14.8. The summed E-state index contributed by atoms with van der Waals surface area (Å²) in [6.07, 6.45) is 2.95. The molecule has 0 saturated carbocycles. The summed E-state index contributed by atoms with van der Waals surface area (Å²) in [4.78, 5) is 12.1. The van der Waals surface area contributed by atoms with Gasteiger partial charge < -0.3 is 11.1 Å². The zero-order chi connectivity index (χ0) is 16.2. The second kappa shape index (κ2) is 8.63. The predicted molar refractivity (Wildman–Crippen MR) is 93.0 cm³/mol. The van der Waals surface area contributed by atoms with Gasteiger partial charge in [-0.05, 0) is 24.8 Å². The summed E-state index contributed by atoms with van der Waals surface area (Å²) in [6, 6.07) is 9.05. The minimum atomic E-state index is -3.14. The first kappa shape index (κ1) is 19.9. The predicted octanol–water partition coefficient (Wildman–Crippen LogP) is 0.518. The Kier molecular flexibility index (Phi) is 7.47. The summed E-state index contributed by atoms with van der Waals surface area (Å²) >= 11 is 0. The van der Waals surface area contributed by atoms with Gasteiger partial charge in [0.05, 0.1) is 12.3 Å². The third-order valence-corrected chi connectivity index (χ3v) is 5.21. The van der Waals surface area contributed by atoms with Crippen molar-refractivity contribution in [1.29, 1.82) is 0 Å². The molecule has 1 amide bonds. The van der Waals surface area contributed by atoms with Crippen LogP contribution in [0.1, 0.15) is 18.4 Å². The molecule has 6 nitrogen and oxygen atoms in total. The molecule has 0 bridgehead atoms. The first-order valence-corrected chi connectivity index (χ1v) is 9.26. The molecule has 130 valence electrons. The normalized spacial score (nSPS) is 18.0. The molecule has 1 heterocycles. The van der Waals surface area contributed by atoms with E-state index in [0.29, 0.717) is 32.4 Å². The second-order valence-electron chi connectivity index (χ2n) is 5.74. The average molecular weight is 362 g/mol. The number of nitrogens with zero attached hydrogens (tertiary/aromatic N) is 1. The Morgan fingerprint density at radius 2 is 1.87 bits per heavy atom. The topological polar surface area (TPSA) is 92.5 Å². The first-order valence-electron chi connectivity index (χ1n) is 7.41. The molecule has 8 heteroatoms. The number of nitrogens with one attached hydrogen (secondary N) is 1. The number of amides is 1. The Labute approximate surface area is 143 Å². The van der Waals surface area contributed by atoms with Gasteiger partial charge in [0.15, 0.2) is 0 Å². The summed E-state index contributed by atoms with van der Waals surface area (Å²) in [5.74, 6) is -0.179. The molecule has 0 aliphatic carbocycles. The van der Waals surface area contributed by atoms with E-state index in [-0.39, 0.29) is 24.4 Å². The Hall–Kier alpha value is -1.15. The number of carbonyl (C=O) groups is 1. The highest BCUT2D eigenvalue weighted by atomic mass is 35.5. The molecular weight excluding hydrogens is 338 g/mol. The molecule has 0 aromatic heterocycles. The highest BCUT2D eigenvalue weighted by molar-refractivity contribution is 7.88. The van der Waals surface area contributed by atoms with E-state index in [0.717, 1.165) is 5.56 Å². The number of halogens is 1. The number of rotatable bonds is 5. The van der Waals surface area contributed by atoms with Gasteiger partial charge in [0.1, 0.15) is 0 Å². The van der Waals surface area contributed by atoms with Crippen LogP contribution in [0.2, 0.25) is 0 Å². The van der Waals surface area contributed by atoms with Crippen LogP contribution in [0.15, 0.2) is 30.3 Å². The molecule has 23 heavy (non-hydrogen) atoms. The van der Waals surface area contributed by atoms with Crippen LogP contribution in [0, 0.1) is 0 Å². The van der Waals surface area contributed by atoms with Crippen molar-refractivity contribution in [2.45, 2.75) is 31.3 Å². The van der Waals surface area contributed by atoms with E-state index in [1.807, 2.05) is 30.3 Å². The first-order chi connectivity index (χ1) is 10.4. The standard InChI is InChI=1S/C15H23N3O3S.ClH/c1-22(20,21)18-9-7-13(8-10-18)17-15(19)14(16)11-12-5-3-2-4-6-12;/h2-6,13-14H,7-11,16H2,1H3,(H,17,19);1H/t14-;/m0./s1. The summed E-state index contributed by atoms with van der Waals surface area (Å²) in [6.45, 7) is 0.884. The van der Waals surface area contributed by atoms with Crippen LogP contribution in [-0.2, 0) is 21.2 Å². The number of piperidine rings is 1. The quantitative estimate of drug-likeness (QED) is 0.799. The fourth-order valence-corrected chi connectivity index (χ4v) is 3.47. The lowest BCUT2D eigenvalue weighted by molar-refractivity contribution is -0.123. The third-order valence-electron chi connectivity index (χ3n) is 3.90. The Morgan fingerprint density at radius 3 is 2.39 bits per heavy atom. The SMILES string of the molecule is CS(=O)(=O)N1CCC(NC(=O)[C@@H](N)Cc2ccccc2)CC1.Cl. The highest BCUT2D eigenvalue weighted by Gasteiger charge is 2.26. The van der Waals surface area contributed by atoms with Crippen LogP contribution in [0.4, 0.5) is 0 Å². The minimum absolute atomic E-state index is 0. The van der Waals surface area contributed by atoms with E-state index in [2.05, 4.69) is 5.32 Å². The van der Waals surface area contributed by atoms with E-state index in [1.165, 1.54) is 10.6 Å². The molecule has 1 aliphatic heterocycles. The van der Waals surface area contributed by atoms with Gasteiger partial charge in [-0.1, -0.05) is 30.3 Å². The number of hydrogen-bond acceptors (Lipinski definition) is 4. The molecule has 1 aromatic rings. The largest absolute Gasteiger partial charge is 0.352 e. The Morgan fingerprint density at radius 1 is 1.30 bits per heavy atom. The molecular formula is C15H24ClN3O3S. The lowest BCUT2D eigenvalue weighted by atomic mass is 10.0. The van der Waals surface area contributed by atoms with Crippen molar-refractivity contribution < 1.29 is 13.2 Å². The molecule has 1 atom stereocenters. The van der Waals surface area contributed by atoms with Gasteiger partial charge in [-0.15, -0.1) is 12.4 Å². The van der Waals surface area contributed by atoms with Gasteiger partial charge in [-0.3, -0.25) is 4.79 Å². The number of carbonyl (C=O) groups excluding carboxylic acids is 1. The van der Waals surface area contributed by atoms with Crippen molar-refractivity contribution in [3.63, 3.8) is 0 Å². The fraction of sp³-hybridized carbons (Fsp3) is 0.533. The molecule has 2 rings (SSSR count). The zero-order valence-electron chi connectivity index (χ0n) is 13.1. The van der Waals surface area contributed by atoms with Crippen LogP contribution < -0.4 is 11.1 Å². The van der Waals surface area contributed by atoms with Crippen molar-refractivity contribution in [1.82, 2.24) is 9.62 Å². The lowest BCUT2D eigenvalue weighted by Gasteiger charge is -2.31. The van der Waals surface area contributed by atoms with Crippen LogP contribution in [0.5, 0.6) is 0 Å². The molecule has 1 fully saturated rings. The van der Waals surface area contributed by atoms with Crippen molar-refractivity contribution in [2.75, 3.05) is 19.3 Å². The lowest BCUT2D eigenvalue weighted by Crippen LogP contribution is -2.50. The molecule has 1 aromatic carbocycles. The maximum absolute atomic E-state index is 12.1.